The average molecular weight is 264 g/mol. The van der Waals surface area contributed by atoms with Crippen LogP contribution in [-0.4, -0.2) is 5.78 Å². The quantitative estimate of drug-likeness (QED) is 0.726. The molecule has 96 valence electrons. The first-order valence-corrected chi connectivity index (χ1v) is 5.54. The lowest BCUT2D eigenvalue weighted by atomic mass is 10.0. The summed E-state index contributed by atoms with van der Waals surface area (Å²) in [5, 5.41) is 0. The zero-order valence-electron chi connectivity index (χ0n) is 9.54. The van der Waals surface area contributed by atoms with Crippen molar-refractivity contribution in [1.29, 1.82) is 0 Å². The third kappa shape index (κ3) is 1.87. The number of rotatable bonds is 0. The van der Waals surface area contributed by atoms with E-state index in [1.54, 1.807) is 0 Å². The number of Topliss-reactive ketones (excluding diaryl/α,β-unsaturated/α-hetero) is 1. The maximum Gasteiger partial charge on any atom is 0.174 e. The van der Waals surface area contributed by atoms with Gasteiger partial charge in [-0.05, 0) is 12.1 Å². The zero-order chi connectivity index (χ0) is 13.6. The van der Waals surface area contributed by atoms with Gasteiger partial charge in [-0.2, -0.15) is 0 Å². The van der Waals surface area contributed by atoms with Crippen LogP contribution in [0.3, 0.4) is 0 Å². The number of ketones is 1. The van der Waals surface area contributed by atoms with Gasteiger partial charge in [0.05, 0.1) is 5.56 Å². The molecule has 0 fully saturated rings. The van der Waals surface area contributed by atoms with Gasteiger partial charge < -0.3 is 4.74 Å². The van der Waals surface area contributed by atoms with Crippen LogP contribution in [0.2, 0.25) is 0 Å². The Morgan fingerprint density at radius 1 is 1.00 bits per heavy atom. The lowest BCUT2D eigenvalue weighted by Gasteiger charge is -2.08. The molecule has 2 aromatic carbocycles. The van der Waals surface area contributed by atoms with Crippen LogP contribution in [0.25, 0.3) is 0 Å². The van der Waals surface area contributed by atoms with Crippen LogP contribution >= 0.6 is 0 Å². The molecule has 1 heterocycles. The SMILES string of the molecule is O=C1Cc2c(F)cc(F)cc2Oc2cccc(F)c21. The van der Waals surface area contributed by atoms with Crippen molar-refractivity contribution in [2.45, 2.75) is 6.42 Å². The van der Waals surface area contributed by atoms with E-state index >= 15 is 0 Å². The largest absolute Gasteiger partial charge is 0.456 e. The van der Waals surface area contributed by atoms with E-state index < -0.39 is 23.2 Å². The highest BCUT2D eigenvalue weighted by molar-refractivity contribution is 6.01. The molecule has 0 radical (unpaired) electrons. The summed E-state index contributed by atoms with van der Waals surface area (Å²) in [5.41, 5.74) is -0.305. The van der Waals surface area contributed by atoms with Crippen LogP contribution in [-0.2, 0) is 6.42 Å². The van der Waals surface area contributed by atoms with Gasteiger partial charge in [-0.15, -0.1) is 0 Å². The van der Waals surface area contributed by atoms with Crippen molar-refractivity contribution in [3.63, 3.8) is 0 Å². The van der Waals surface area contributed by atoms with Gasteiger partial charge in [-0.1, -0.05) is 6.07 Å². The Labute approximate surface area is 106 Å². The summed E-state index contributed by atoms with van der Waals surface area (Å²) in [6, 6.07) is 5.51. The van der Waals surface area contributed by atoms with Gasteiger partial charge in [0.15, 0.2) is 5.78 Å². The minimum Gasteiger partial charge on any atom is -0.456 e. The Morgan fingerprint density at radius 2 is 1.79 bits per heavy atom. The van der Waals surface area contributed by atoms with Gasteiger partial charge in [-0.25, -0.2) is 13.2 Å². The predicted octanol–water partition coefficient (Wildman–Crippen LogP) is 3.64. The Balaban J connectivity index is 2.24. The summed E-state index contributed by atoms with van der Waals surface area (Å²) >= 11 is 0. The summed E-state index contributed by atoms with van der Waals surface area (Å²) in [5.74, 6) is -3.17. The van der Waals surface area contributed by atoms with Crippen molar-refractivity contribution in [3.8, 4) is 11.5 Å². The third-order valence-corrected chi connectivity index (χ3v) is 2.93. The van der Waals surface area contributed by atoms with Crippen molar-refractivity contribution < 1.29 is 22.7 Å². The minimum absolute atomic E-state index is 0.0336. The summed E-state index contributed by atoms with van der Waals surface area (Å²) < 4.78 is 45.7. The van der Waals surface area contributed by atoms with E-state index in [0.717, 1.165) is 12.1 Å². The normalized spacial score (nSPS) is 13.3. The van der Waals surface area contributed by atoms with E-state index in [1.165, 1.54) is 12.1 Å². The second kappa shape index (κ2) is 4.12. The number of benzene rings is 2. The molecule has 2 aromatic rings. The standard InChI is InChI=1S/C14H7F3O2/c15-7-4-10(17)8-6-11(18)14-9(16)2-1-3-12(14)19-13(8)5-7/h1-5H,6H2. The second-order valence-electron chi connectivity index (χ2n) is 4.18. The molecule has 0 saturated heterocycles. The molecule has 0 amide bonds. The van der Waals surface area contributed by atoms with E-state index in [0.29, 0.717) is 6.07 Å². The smallest absolute Gasteiger partial charge is 0.174 e. The van der Waals surface area contributed by atoms with E-state index in [4.69, 9.17) is 4.74 Å². The van der Waals surface area contributed by atoms with Crippen LogP contribution < -0.4 is 4.74 Å². The Bertz CT molecular complexity index is 695. The van der Waals surface area contributed by atoms with Crippen LogP contribution in [0.4, 0.5) is 13.2 Å². The van der Waals surface area contributed by atoms with Crippen molar-refractivity contribution in [3.05, 3.63) is 58.9 Å². The molecule has 0 saturated carbocycles. The Morgan fingerprint density at radius 3 is 2.58 bits per heavy atom. The van der Waals surface area contributed by atoms with E-state index in [1.807, 2.05) is 0 Å². The number of ether oxygens (including phenoxy) is 1. The zero-order valence-corrected chi connectivity index (χ0v) is 9.54. The maximum absolute atomic E-state index is 13.6. The molecule has 2 nitrogen and oxygen atoms in total. The van der Waals surface area contributed by atoms with Crippen molar-refractivity contribution in [2.75, 3.05) is 0 Å². The average Bonchev–Trinajstić information content (AvgIpc) is 2.47. The fourth-order valence-electron chi connectivity index (χ4n) is 2.07. The van der Waals surface area contributed by atoms with Crippen LogP contribution in [0.1, 0.15) is 15.9 Å². The first kappa shape index (κ1) is 11.8. The molecule has 3 rings (SSSR count). The van der Waals surface area contributed by atoms with Gasteiger partial charge in [0.2, 0.25) is 0 Å². The molecule has 0 unspecified atom stereocenters. The van der Waals surface area contributed by atoms with Crippen molar-refractivity contribution >= 4 is 5.78 Å². The lowest BCUT2D eigenvalue weighted by Crippen LogP contribution is -2.05. The highest BCUT2D eigenvalue weighted by Crippen LogP contribution is 2.36. The number of carbonyl (C=O) groups is 1. The molecular formula is C14H7F3O2. The predicted molar refractivity (Wildman–Crippen MR) is 60.9 cm³/mol. The topological polar surface area (TPSA) is 26.3 Å². The molecule has 1 aliphatic rings. The monoisotopic (exact) mass is 264 g/mol. The van der Waals surface area contributed by atoms with Crippen LogP contribution in [0.15, 0.2) is 30.3 Å². The molecule has 19 heavy (non-hydrogen) atoms. The molecular weight excluding hydrogens is 257 g/mol. The number of carbonyl (C=O) groups excluding carboxylic acids is 1. The summed E-state index contributed by atoms with van der Waals surface area (Å²) in [6.45, 7) is 0. The molecule has 1 aliphatic heterocycles. The van der Waals surface area contributed by atoms with Crippen LogP contribution in [0.5, 0.6) is 11.5 Å². The number of hydrogen-bond donors (Lipinski definition) is 0. The molecule has 0 aliphatic carbocycles. The summed E-state index contributed by atoms with van der Waals surface area (Å²) in [4.78, 5) is 11.9. The van der Waals surface area contributed by atoms with Gasteiger partial charge >= 0.3 is 0 Å². The molecule has 5 heteroatoms. The number of halogens is 3. The maximum atomic E-state index is 13.6. The first-order chi connectivity index (χ1) is 9.06. The van der Waals surface area contributed by atoms with Crippen LogP contribution in [0, 0.1) is 17.5 Å². The fourth-order valence-corrected chi connectivity index (χ4v) is 2.07. The molecule has 0 atom stereocenters. The van der Waals surface area contributed by atoms with E-state index in [-0.39, 0.29) is 29.0 Å². The van der Waals surface area contributed by atoms with Gasteiger partial charge in [0, 0.05) is 24.1 Å². The number of fused-ring (bicyclic) bond motifs is 2. The molecule has 0 aromatic heterocycles. The van der Waals surface area contributed by atoms with Gasteiger partial charge in [0.1, 0.15) is 29.0 Å². The van der Waals surface area contributed by atoms with Crippen molar-refractivity contribution in [2.24, 2.45) is 0 Å². The second-order valence-corrected chi connectivity index (χ2v) is 4.18. The lowest BCUT2D eigenvalue weighted by molar-refractivity contribution is 0.0988. The van der Waals surface area contributed by atoms with Crippen molar-refractivity contribution in [1.82, 2.24) is 0 Å². The summed E-state index contributed by atoms with van der Waals surface area (Å²) in [7, 11) is 0. The highest BCUT2D eigenvalue weighted by Gasteiger charge is 2.26. The van der Waals surface area contributed by atoms with Gasteiger partial charge in [-0.3, -0.25) is 4.79 Å². The first-order valence-electron chi connectivity index (χ1n) is 5.54. The molecule has 0 bridgehead atoms. The van der Waals surface area contributed by atoms with E-state index in [2.05, 4.69) is 0 Å². The molecule has 0 spiro atoms. The van der Waals surface area contributed by atoms with E-state index in [9.17, 15) is 18.0 Å². The third-order valence-electron chi connectivity index (χ3n) is 2.93. The Kier molecular flexibility index (Phi) is 2.55. The molecule has 0 N–H and O–H groups in total. The summed E-state index contributed by atoms with van der Waals surface area (Å²) in [6.07, 6.45) is -0.366. The Hall–Kier alpha value is -2.30. The minimum atomic E-state index is -0.878. The number of hydrogen-bond acceptors (Lipinski definition) is 2. The fraction of sp³-hybridized carbons (Fsp3) is 0.0714. The highest BCUT2D eigenvalue weighted by atomic mass is 19.1. The van der Waals surface area contributed by atoms with Gasteiger partial charge in [0.25, 0.3) is 0 Å².